The van der Waals surface area contributed by atoms with Gasteiger partial charge in [-0.2, -0.15) is 0 Å². The van der Waals surface area contributed by atoms with Gasteiger partial charge in [0.2, 0.25) is 0 Å². The van der Waals surface area contributed by atoms with Gasteiger partial charge in [-0.1, -0.05) is 48.5 Å². The lowest BCUT2D eigenvalue weighted by Crippen LogP contribution is -1.80. The second kappa shape index (κ2) is 4.14. The van der Waals surface area contributed by atoms with Crippen molar-refractivity contribution in [3.63, 3.8) is 0 Å². The maximum atomic E-state index is 10.2. The maximum absolute atomic E-state index is 10.2. The standard InChI is InChI=1S/C18H12O2/c19-15-10-9-12-5-1-3-7-14(12)18(15)17-11-13-6-2-4-8-16(13)20-17/h1-11,19H. The number of fused-ring (bicyclic) bond motifs is 2. The van der Waals surface area contributed by atoms with Gasteiger partial charge in [0.25, 0.3) is 0 Å². The average molecular weight is 260 g/mol. The molecule has 0 atom stereocenters. The minimum absolute atomic E-state index is 0.239. The molecule has 4 rings (SSSR count). The summed E-state index contributed by atoms with van der Waals surface area (Å²) in [5, 5.41) is 13.3. The van der Waals surface area contributed by atoms with Crippen molar-refractivity contribution in [1.82, 2.24) is 0 Å². The Morgan fingerprint density at radius 1 is 0.750 bits per heavy atom. The first-order valence-electron chi connectivity index (χ1n) is 6.52. The molecule has 0 amide bonds. The van der Waals surface area contributed by atoms with E-state index in [4.69, 9.17) is 4.42 Å². The van der Waals surface area contributed by atoms with Crippen molar-refractivity contribution >= 4 is 21.7 Å². The van der Waals surface area contributed by atoms with Crippen molar-refractivity contribution in [3.8, 4) is 17.1 Å². The van der Waals surface area contributed by atoms with Crippen LogP contribution in [0.25, 0.3) is 33.1 Å². The summed E-state index contributed by atoms with van der Waals surface area (Å²) >= 11 is 0. The van der Waals surface area contributed by atoms with E-state index in [1.165, 1.54) is 0 Å². The summed E-state index contributed by atoms with van der Waals surface area (Å²) in [5.41, 5.74) is 1.58. The zero-order valence-corrected chi connectivity index (χ0v) is 10.7. The Bertz CT molecular complexity index is 886. The van der Waals surface area contributed by atoms with Crippen LogP contribution in [0.15, 0.2) is 71.1 Å². The second-order valence-corrected chi connectivity index (χ2v) is 4.83. The molecule has 0 bridgehead atoms. The fourth-order valence-corrected chi connectivity index (χ4v) is 2.62. The first-order chi connectivity index (χ1) is 9.83. The molecule has 0 fully saturated rings. The fourth-order valence-electron chi connectivity index (χ4n) is 2.62. The topological polar surface area (TPSA) is 33.4 Å². The molecular formula is C18H12O2. The number of phenols is 1. The molecule has 0 saturated heterocycles. The van der Waals surface area contributed by atoms with Crippen LogP contribution in [0.5, 0.6) is 5.75 Å². The van der Waals surface area contributed by atoms with E-state index >= 15 is 0 Å². The quantitative estimate of drug-likeness (QED) is 0.525. The van der Waals surface area contributed by atoms with Crippen molar-refractivity contribution < 1.29 is 9.52 Å². The Morgan fingerprint density at radius 3 is 2.35 bits per heavy atom. The largest absolute Gasteiger partial charge is 0.507 e. The predicted octanol–water partition coefficient (Wildman–Crippen LogP) is 4.96. The summed E-state index contributed by atoms with van der Waals surface area (Å²) < 4.78 is 5.88. The highest BCUT2D eigenvalue weighted by molar-refractivity contribution is 6.00. The minimum Gasteiger partial charge on any atom is -0.507 e. The number of furan rings is 1. The smallest absolute Gasteiger partial charge is 0.139 e. The van der Waals surface area contributed by atoms with E-state index in [0.29, 0.717) is 5.76 Å². The van der Waals surface area contributed by atoms with Gasteiger partial charge in [-0.15, -0.1) is 0 Å². The highest BCUT2D eigenvalue weighted by Crippen LogP contribution is 2.38. The van der Waals surface area contributed by atoms with E-state index < -0.39 is 0 Å². The Labute approximate surface area is 115 Å². The van der Waals surface area contributed by atoms with Crippen LogP contribution in [0, 0.1) is 0 Å². The highest BCUT2D eigenvalue weighted by atomic mass is 16.3. The number of hydrogen-bond donors (Lipinski definition) is 1. The first kappa shape index (κ1) is 11.1. The van der Waals surface area contributed by atoms with Crippen molar-refractivity contribution in [2.45, 2.75) is 0 Å². The lowest BCUT2D eigenvalue weighted by molar-refractivity contribution is 0.475. The van der Waals surface area contributed by atoms with Gasteiger partial charge in [-0.3, -0.25) is 0 Å². The molecular weight excluding hydrogens is 248 g/mol. The normalized spacial score (nSPS) is 11.2. The van der Waals surface area contributed by atoms with Gasteiger partial charge in [-0.05, 0) is 29.0 Å². The minimum atomic E-state index is 0.239. The van der Waals surface area contributed by atoms with Gasteiger partial charge in [0.15, 0.2) is 0 Å². The lowest BCUT2D eigenvalue weighted by Gasteiger charge is -2.06. The van der Waals surface area contributed by atoms with Gasteiger partial charge in [0, 0.05) is 5.39 Å². The molecule has 0 radical (unpaired) electrons. The molecule has 0 saturated carbocycles. The first-order valence-corrected chi connectivity index (χ1v) is 6.52. The zero-order valence-electron chi connectivity index (χ0n) is 10.7. The number of para-hydroxylation sites is 1. The third-order valence-corrected chi connectivity index (χ3v) is 3.58. The van der Waals surface area contributed by atoms with E-state index in [9.17, 15) is 5.11 Å². The Kier molecular flexibility index (Phi) is 2.30. The van der Waals surface area contributed by atoms with Gasteiger partial charge >= 0.3 is 0 Å². The average Bonchev–Trinajstić information content (AvgIpc) is 2.90. The monoisotopic (exact) mass is 260 g/mol. The van der Waals surface area contributed by atoms with Gasteiger partial charge in [0.1, 0.15) is 17.1 Å². The summed E-state index contributed by atoms with van der Waals surface area (Å²) in [6.45, 7) is 0. The Morgan fingerprint density at radius 2 is 1.50 bits per heavy atom. The predicted molar refractivity (Wildman–Crippen MR) is 80.8 cm³/mol. The zero-order chi connectivity index (χ0) is 13.5. The van der Waals surface area contributed by atoms with Crippen molar-refractivity contribution in [1.29, 1.82) is 0 Å². The Hall–Kier alpha value is -2.74. The summed E-state index contributed by atoms with van der Waals surface area (Å²) in [7, 11) is 0. The number of phenolic OH excluding ortho intramolecular Hbond substituents is 1. The molecule has 2 nitrogen and oxygen atoms in total. The Balaban J connectivity index is 2.08. The van der Waals surface area contributed by atoms with Crippen LogP contribution in [0.1, 0.15) is 0 Å². The van der Waals surface area contributed by atoms with Crippen LogP contribution < -0.4 is 0 Å². The third-order valence-electron chi connectivity index (χ3n) is 3.58. The highest BCUT2D eigenvalue weighted by Gasteiger charge is 2.13. The molecule has 3 aromatic carbocycles. The van der Waals surface area contributed by atoms with Crippen LogP contribution in [0.4, 0.5) is 0 Å². The van der Waals surface area contributed by atoms with E-state index in [1.54, 1.807) is 6.07 Å². The van der Waals surface area contributed by atoms with E-state index in [2.05, 4.69) is 0 Å². The van der Waals surface area contributed by atoms with Crippen molar-refractivity contribution in [2.75, 3.05) is 0 Å². The number of benzene rings is 3. The molecule has 0 aliphatic carbocycles. The van der Waals surface area contributed by atoms with Crippen LogP contribution in [-0.2, 0) is 0 Å². The second-order valence-electron chi connectivity index (χ2n) is 4.83. The van der Waals surface area contributed by atoms with Crippen molar-refractivity contribution in [3.05, 3.63) is 66.7 Å². The molecule has 0 spiro atoms. The summed E-state index contributed by atoms with van der Waals surface area (Å²) in [6.07, 6.45) is 0. The van der Waals surface area contributed by atoms with E-state index in [1.807, 2.05) is 60.7 Å². The SMILES string of the molecule is Oc1ccc2ccccc2c1-c1cc2ccccc2o1. The van der Waals surface area contributed by atoms with Crippen LogP contribution >= 0.6 is 0 Å². The summed E-state index contributed by atoms with van der Waals surface area (Å²) in [6, 6.07) is 21.4. The summed E-state index contributed by atoms with van der Waals surface area (Å²) in [5.74, 6) is 0.934. The van der Waals surface area contributed by atoms with Crippen LogP contribution in [-0.4, -0.2) is 5.11 Å². The van der Waals surface area contributed by atoms with Crippen LogP contribution in [0.2, 0.25) is 0 Å². The van der Waals surface area contributed by atoms with Crippen molar-refractivity contribution in [2.24, 2.45) is 0 Å². The van der Waals surface area contributed by atoms with Gasteiger partial charge < -0.3 is 9.52 Å². The molecule has 1 N–H and O–H groups in total. The summed E-state index contributed by atoms with van der Waals surface area (Å²) in [4.78, 5) is 0. The molecule has 4 aromatic rings. The van der Waals surface area contributed by atoms with Crippen LogP contribution in [0.3, 0.4) is 0 Å². The molecule has 2 heteroatoms. The maximum Gasteiger partial charge on any atom is 0.139 e. The van der Waals surface area contributed by atoms with Gasteiger partial charge in [0.05, 0.1) is 5.56 Å². The van der Waals surface area contributed by atoms with E-state index in [0.717, 1.165) is 27.3 Å². The molecule has 0 unspecified atom stereocenters. The van der Waals surface area contributed by atoms with E-state index in [-0.39, 0.29) is 5.75 Å². The lowest BCUT2D eigenvalue weighted by atomic mass is 10.0. The third kappa shape index (κ3) is 1.58. The molecule has 0 aliphatic rings. The molecule has 96 valence electrons. The molecule has 0 aliphatic heterocycles. The number of hydrogen-bond acceptors (Lipinski definition) is 2. The molecule has 20 heavy (non-hydrogen) atoms. The molecule has 1 heterocycles. The number of aromatic hydroxyl groups is 1. The van der Waals surface area contributed by atoms with Gasteiger partial charge in [-0.25, -0.2) is 0 Å². The fraction of sp³-hybridized carbons (Fsp3) is 0. The number of rotatable bonds is 1. The molecule has 1 aromatic heterocycles.